The first-order chi connectivity index (χ1) is 8.78. The van der Waals surface area contributed by atoms with Gasteiger partial charge in [-0.3, -0.25) is 4.79 Å². The van der Waals surface area contributed by atoms with Crippen molar-refractivity contribution in [3.05, 3.63) is 34.3 Å². The van der Waals surface area contributed by atoms with Gasteiger partial charge in [-0.05, 0) is 24.6 Å². The molecule has 106 valence electrons. The fourth-order valence-corrected chi connectivity index (χ4v) is 1.57. The third kappa shape index (κ3) is 6.58. The first-order valence-corrected chi connectivity index (χ1v) is 6.39. The zero-order valence-electron chi connectivity index (χ0n) is 10.2. The summed E-state index contributed by atoms with van der Waals surface area (Å²) < 4.78 is 36.7. The van der Waals surface area contributed by atoms with Crippen LogP contribution in [0.15, 0.2) is 28.7 Å². The van der Waals surface area contributed by atoms with Crippen LogP contribution < -0.4 is 10.6 Å². The lowest BCUT2D eigenvalue weighted by molar-refractivity contribution is -0.139. The summed E-state index contributed by atoms with van der Waals surface area (Å²) in [5, 5.41) is 4.69. The fraction of sp³-hybridized carbons (Fsp3) is 0.417. The Morgan fingerprint density at radius 2 is 1.89 bits per heavy atom. The number of carbonyl (C=O) groups is 1. The zero-order valence-corrected chi connectivity index (χ0v) is 11.8. The van der Waals surface area contributed by atoms with Crippen LogP contribution in [0.1, 0.15) is 12.5 Å². The van der Waals surface area contributed by atoms with Crippen LogP contribution in [0.3, 0.4) is 0 Å². The number of alkyl halides is 3. The molecule has 1 rings (SSSR count). The molecule has 1 aromatic carbocycles. The highest BCUT2D eigenvalue weighted by Gasteiger charge is 2.28. The molecular weight excluding hydrogens is 325 g/mol. The summed E-state index contributed by atoms with van der Waals surface area (Å²) in [5.74, 6) is -0.672. The van der Waals surface area contributed by atoms with Gasteiger partial charge in [0.1, 0.15) is 6.54 Å². The van der Waals surface area contributed by atoms with Gasteiger partial charge < -0.3 is 10.6 Å². The Labute approximate surface area is 117 Å². The van der Waals surface area contributed by atoms with Gasteiger partial charge in [0.2, 0.25) is 5.91 Å². The van der Waals surface area contributed by atoms with Gasteiger partial charge in [0.05, 0.1) is 6.04 Å². The molecule has 0 radical (unpaired) electrons. The Kier molecular flexibility index (Phi) is 5.81. The van der Waals surface area contributed by atoms with Crippen molar-refractivity contribution in [3.8, 4) is 0 Å². The standard InChI is InChI=1S/C12H14BrF3N2O/c1-8(11(19)18-7-12(14,15)16)17-6-9-2-4-10(13)5-3-9/h2-5,8,17H,6-7H2,1H3,(H,18,19). The summed E-state index contributed by atoms with van der Waals surface area (Å²) in [6, 6.07) is 6.73. The molecule has 0 saturated heterocycles. The Balaban J connectivity index is 2.36. The molecule has 1 atom stereocenters. The van der Waals surface area contributed by atoms with Crippen LogP contribution in [-0.2, 0) is 11.3 Å². The highest BCUT2D eigenvalue weighted by molar-refractivity contribution is 9.10. The number of hydrogen-bond donors (Lipinski definition) is 2. The molecule has 0 saturated carbocycles. The van der Waals surface area contributed by atoms with Crippen molar-refractivity contribution >= 4 is 21.8 Å². The molecule has 7 heteroatoms. The number of benzene rings is 1. The van der Waals surface area contributed by atoms with Crippen LogP contribution in [0.5, 0.6) is 0 Å². The van der Waals surface area contributed by atoms with E-state index in [0.29, 0.717) is 6.54 Å². The van der Waals surface area contributed by atoms with Crippen LogP contribution in [0, 0.1) is 0 Å². The van der Waals surface area contributed by atoms with E-state index in [-0.39, 0.29) is 0 Å². The Bertz CT molecular complexity index is 420. The van der Waals surface area contributed by atoms with Crippen LogP contribution in [-0.4, -0.2) is 24.7 Å². The van der Waals surface area contributed by atoms with Crippen molar-refractivity contribution in [2.24, 2.45) is 0 Å². The van der Waals surface area contributed by atoms with E-state index in [4.69, 9.17) is 0 Å². The summed E-state index contributed by atoms with van der Waals surface area (Å²) in [6.07, 6.45) is -4.39. The first-order valence-electron chi connectivity index (χ1n) is 5.60. The smallest absolute Gasteiger partial charge is 0.346 e. The topological polar surface area (TPSA) is 41.1 Å². The molecule has 1 amide bonds. The molecule has 1 unspecified atom stereocenters. The third-order valence-electron chi connectivity index (χ3n) is 2.38. The van der Waals surface area contributed by atoms with Gasteiger partial charge in [-0.25, -0.2) is 0 Å². The van der Waals surface area contributed by atoms with E-state index in [9.17, 15) is 18.0 Å². The maximum Gasteiger partial charge on any atom is 0.405 e. The Morgan fingerprint density at radius 1 is 1.32 bits per heavy atom. The number of carbonyl (C=O) groups excluding carboxylic acids is 1. The van der Waals surface area contributed by atoms with Crippen molar-refractivity contribution in [3.63, 3.8) is 0 Å². The highest BCUT2D eigenvalue weighted by Crippen LogP contribution is 2.12. The van der Waals surface area contributed by atoms with Crippen LogP contribution in [0.25, 0.3) is 0 Å². The van der Waals surface area contributed by atoms with Crippen molar-refractivity contribution in [2.45, 2.75) is 25.7 Å². The highest BCUT2D eigenvalue weighted by atomic mass is 79.9. The summed E-state index contributed by atoms with van der Waals surface area (Å²) in [6.45, 7) is 0.620. The van der Waals surface area contributed by atoms with Crippen molar-refractivity contribution in [1.82, 2.24) is 10.6 Å². The summed E-state index contributed by atoms with van der Waals surface area (Å²) >= 11 is 3.30. The summed E-state index contributed by atoms with van der Waals surface area (Å²) in [7, 11) is 0. The van der Waals surface area contributed by atoms with E-state index in [1.807, 2.05) is 29.6 Å². The van der Waals surface area contributed by atoms with Crippen molar-refractivity contribution < 1.29 is 18.0 Å². The first kappa shape index (κ1) is 16.0. The van der Waals surface area contributed by atoms with E-state index < -0.39 is 24.7 Å². The van der Waals surface area contributed by atoms with Crippen molar-refractivity contribution in [2.75, 3.05) is 6.54 Å². The molecule has 0 aliphatic rings. The second-order valence-electron chi connectivity index (χ2n) is 4.06. The van der Waals surface area contributed by atoms with Crippen LogP contribution in [0.2, 0.25) is 0 Å². The fourth-order valence-electron chi connectivity index (χ4n) is 1.31. The predicted octanol–water partition coefficient (Wildman–Crippen LogP) is 2.61. The lowest BCUT2D eigenvalue weighted by atomic mass is 10.2. The van der Waals surface area contributed by atoms with Gasteiger partial charge in [0, 0.05) is 11.0 Å². The number of amides is 1. The molecule has 1 aromatic rings. The molecule has 3 nitrogen and oxygen atoms in total. The molecular formula is C12H14BrF3N2O. The average Bonchev–Trinajstić information content (AvgIpc) is 2.34. The monoisotopic (exact) mass is 338 g/mol. The lowest BCUT2D eigenvalue weighted by Crippen LogP contribution is -2.44. The minimum Gasteiger partial charge on any atom is -0.346 e. The molecule has 0 heterocycles. The van der Waals surface area contributed by atoms with Gasteiger partial charge in [0.25, 0.3) is 0 Å². The van der Waals surface area contributed by atoms with Gasteiger partial charge in [-0.15, -0.1) is 0 Å². The number of hydrogen-bond acceptors (Lipinski definition) is 2. The van der Waals surface area contributed by atoms with Crippen LogP contribution in [0.4, 0.5) is 13.2 Å². The van der Waals surface area contributed by atoms with E-state index in [1.165, 1.54) is 6.92 Å². The zero-order chi connectivity index (χ0) is 14.5. The minimum absolute atomic E-state index is 0.411. The van der Waals surface area contributed by atoms with Crippen molar-refractivity contribution in [1.29, 1.82) is 0 Å². The minimum atomic E-state index is -4.39. The normalized spacial score (nSPS) is 13.1. The second kappa shape index (κ2) is 6.91. The van der Waals surface area contributed by atoms with Crippen LogP contribution >= 0.6 is 15.9 Å². The molecule has 0 bridgehead atoms. The van der Waals surface area contributed by atoms with E-state index in [1.54, 1.807) is 0 Å². The largest absolute Gasteiger partial charge is 0.405 e. The van der Waals surface area contributed by atoms with Gasteiger partial charge >= 0.3 is 6.18 Å². The Hall–Kier alpha value is -1.08. The Morgan fingerprint density at radius 3 is 2.42 bits per heavy atom. The molecule has 0 spiro atoms. The summed E-state index contributed by atoms with van der Waals surface area (Å²) in [5.41, 5.74) is 0.943. The van der Waals surface area contributed by atoms with E-state index in [0.717, 1.165) is 10.0 Å². The molecule has 2 N–H and O–H groups in total. The molecule has 0 aliphatic heterocycles. The average molecular weight is 339 g/mol. The molecule has 19 heavy (non-hydrogen) atoms. The van der Waals surface area contributed by atoms with E-state index >= 15 is 0 Å². The predicted molar refractivity (Wildman–Crippen MR) is 69.5 cm³/mol. The van der Waals surface area contributed by atoms with Gasteiger partial charge in [-0.1, -0.05) is 28.1 Å². The quantitative estimate of drug-likeness (QED) is 0.866. The van der Waals surface area contributed by atoms with E-state index in [2.05, 4.69) is 21.2 Å². The molecule has 0 aliphatic carbocycles. The summed E-state index contributed by atoms with van der Waals surface area (Å²) in [4.78, 5) is 11.4. The number of rotatable bonds is 5. The maximum atomic E-state index is 11.9. The molecule has 0 aromatic heterocycles. The van der Waals surface area contributed by atoms with Gasteiger partial charge in [0.15, 0.2) is 0 Å². The lowest BCUT2D eigenvalue weighted by Gasteiger charge is -2.15. The second-order valence-corrected chi connectivity index (χ2v) is 4.98. The van der Waals surface area contributed by atoms with Gasteiger partial charge in [-0.2, -0.15) is 13.2 Å². The number of halogens is 4. The SMILES string of the molecule is CC(NCc1ccc(Br)cc1)C(=O)NCC(F)(F)F. The molecule has 0 fully saturated rings. The maximum absolute atomic E-state index is 11.9. The third-order valence-corrected chi connectivity index (χ3v) is 2.91. The number of nitrogens with one attached hydrogen (secondary N) is 2.